The molecule has 21 heavy (non-hydrogen) atoms. The first-order valence-corrected chi connectivity index (χ1v) is 7.49. The molecule has 1 heterocycles. The van der Waals surface area contributed by atoms with E-state index in [-0.39, 0.29) is 11.9 Å². The number of amides is 1. The lowest BCUT2D eigenvalue weighted by molar-refractivity contribution is -0.132. The van der Waals surface area contributed by atoms with Crippen molar-refractivity contribution in [1.82, 2.24) is 4.90 Å². The summed E-state index contributed by atoms with van der Waals surface area (Å²) in [5.74, 6) is 1.81. The highest BCUT2D eigenvalue weighted by Crippen LogP contribution is 2.17. The smallest absolute Gasteiger partial charge is 0.222 e. The van der Waals surface area contributed by atoms with Gasteiger partial charge in [-0.1, -0.05) is 0 Å². The number of benzene rings is 1. The third kappa shape index (κ3) is 4.93. The van der Waals surface area contributed by atoms with Crippen LogP contribution < -0.4 is 15.2 Å². The number of hydrogen-bond acceptors (Lipinski definition) is 4. The molecular weight excluding hydrogens is 268 g/mol. The molecule has 0 aromatic heterocycles. The number of piperidine rings is 1. The highest BCUT2D eigenvalue weighted by molar-refractivity contribution is 5.76. The van der Waals surface area contributed by atoms with E-state index in [0.29, 0.717) is 13.0 Å². The SMILES string of the molecule is COc1ccc(OCCCC(=O)N2CCC(N)CC2)cc1. The molecular formula is C16H24N2O3. The number of nitrogens with zero attached hydrogens (tertiary/aromatic N) is 1. The van der Waals surface area contributed by atoms with Crippen LogP contribution in [0.1, 0.15) is 25.7 Å². The number of likely N-dealkylation sites (tertiary alicyclic amines) is 1. The summed E-state index contributed by atoms with van der Waals surface area (Å²) in [6.45, 7) is 2.13. The van der Waals surface area contributed by atoms with Crippen molar-refractivity contribution in [3.8, 4) is 11.5 Å². The van der Waals surface area contributed by atoms with Crippen LogP contribution in [0.3, 0.4) is 0 Å². The fourth-order valence-corrected chi connectivity index (χ4v) is 2.39. The number of hydrogen-bond donors (Lipinski definition) is 1. The lowest BCUT2D eigenvalue weighted by atomic mass is 10.1. The monoisotopic (exact) mass is 292 g/mol. The van der Waals surface area contributed by atoms with Gasteiger partial charge >= 0.3 is 0 Å². The van der Waals surface area contributed by atoms with Crippen LogP contribution in [0.4, 0.5) is 0 Å². The van der Waals surface area contributed by atoms with Crippen LogP contribution in [-0.4, -0.2) is 43.7 Å². The molecule has 0 saturated carbocycles. The van der Waals surface area contributed by atoms with E-state index in [1.54, 1.807) is 7.11 Å². The highest BCUT2D eigenvalue weighted by atomic mass is 16.5. The number of carbonyl (C=O) groups is 1. The van der Waals surface area contributed by atoms with Crippen molar-refractivity contribution in [3.05, 3.63) is 24.3 Å². The molecule has 1 aromatic rings. The van der Waals surface area contributed by atoms with E-state index in [9.17, 15) is 4.79 Å². The summed E-state index contributed by atoms with van der Waals surface area (Å²) in [6, 6.07) is 7.71. The van der Waals surface area contributed by atoms with Gasteiger partial charge < -0.3 is 20.1 Å². The third-order valence-electron chi connectivity index (χ3n) is 3.76. The molecule has 0 aliphatic carbocycles. The molecule has 1 amide bonds. The van der Waals surface area contributed by atoms with E-state index in [1.807, 2.05) is 29.2 Å². The van der Waals surface area contributed by atoms with E-state index < -0.39 is 0 Å². The molecule has 0 bridgehead atoms. The Morgan fingerprint density at radius 3 is 2.48 bits per heavy atom. The molecule has 1 fully saturated rings. The van der Waals surface area contributed by atoms with Crippen molar-refractivity contribution in [1.29, 1.82) is 0 Å². The van der Waals surface area contributed by atoms with Gasteiger partial charge in [0.2, 0.25) is 5.91 Å². The summed E-state index contributed by atoms with van der Waals surface area (Å²) in [6.07, 6.45) is 3.08. The minimum absolute atomic E-state index is 0.209. The summed E-state index contributed by atoms with van der Waals surface area (Å²) in [7, 11) is 1.63. The van der Waals surface area contributed by atoms with E-state index in [2.05, 4.69) is 0 Å². The van der Waals surface area contributed by atoms with Gasteiger partial charge in [-0.05, 0) is 43.5 Å². The molecule has 5 heteroatoms. The predicted molar refractivity (Wildman–Crippen MR) is 81.5 cm³/mol. The van der Waals surface area contributed by atoms with Crippen LogP contribution in [0.5, 0.6) is 11.5 Å². The van der Waals surface area contributed by atoms with E-state index >= 15 is 0 Å². The first-order valence-electron chi connectivity index (χ1n) is 7.49. The summed E-state index contributed by atoms with van der Waals surface area (Å²) >= 11 is 0. The molecule has 0 spiro atoms. The maximum atomic E-state index is 12.0. The molecule has 1 aromatic carbocycles. The Morgan fingerprint density at radius 1 is 1.24 bits per heavy atom. The average Bonchev–Trinajstić information content (AvgIpc) is 2.52. The normalized spacial score (nSPS) is 15.8. The van der Waals surface area contributed by atoms with Gasteiger partial charge in [0.1, 0.15) is 11.5 Å². The van der Waals surface area contributed by atoms with E-state index in [0.717, 1.165) is 43.9 Å². The van der Waals surface area contributed by atoms with Crippen LogP contribution in [-0.2, 0) is 4.79 Å². The van der Waals surface area contributed by atoms with E-state index in [4.69, 9.17) is 15.2 Å². The lowest BCUT2D eigenvalue weighted by Gasteiger charge is -2.30. The number of rotatable bonds is 6. The van der Waals surface area contributed by atoms with Gasteiger partial charge in [-0.15, -0.1) is 0 Å². The second kappa shape index (κ2) is 7.88. The molecule has 1 aliphatic heterocycles. The van der Waals surface area contributed by atoms with Crippen molar-refractivity contribution in [3.63, 3.8) is 0 Å². The second-order valence-corrected chi connectivity index (χ2v) is 5.35. The molecule has 1 aliphatic rings. The quantitative estimate of drug-likeness (QED) is 0.812. The van der Waals surface area contributed by atoms with E-state index in [1.165, 1.54) is 0 Å². The fraction of sp³-hybridized carbons (Fsp3) is 0.562. The number of methoxy groups -OCH3 is 1. The maximum absolute atomic E-state index is 12.0. The van der Waals surface area contributed by atoms with Crippen molar-refractivity contribution >= 4 is 5.91 Å². The standard InChI is InChI=1S/C16H24N2O3/c1-20-14-4-6-15(7-5-14)21-12-2-3-16(19)18-10-8-13(17)9-11-18/h4-7,13H,2-3,8-12,17H2,1H3. The minimum atomic E-state index is 0.209. The number of carbonyl (C=O) groups excluding carboxylic acids is 1. The summed E-state index contributed by atoms with van der Waals surface area (Å²) in [5.41, 5.74) is 5.84. The summed E-state index contributed by atoms with van der Waals surface area (Å²) in [5, 5.41) is 0. The molecule has 0 atom stereocenters. The molecule has 0 radical (unpaired) electrons. The van der Waals surface area contributed by atoms with Crippen molar-refractivity contribution in [2.75, 3.05) is 26.8 Å². The van der Waals surface area contributed by atoms with Crippen molar-refractivity contribution in [2.24, 2.45) is 5.73 Å². The first-order chi connectivity index (χ1) is 10.2. The lowest BCUT2D eigenvalue weighted by Crippen LogP contribution is -2.42. The fourth-order valence-electron chi connectivity index (χ4n) is 2.39. The van der Waals surface area contributed by atoms with Crippen LogP contribution in [0.2, 0.25) is 0 Å². The zero-order chi connectivity index (χ0) is 15.1. The van der Waals surface area contributed by atoms with Crippen molar-refractivity contribution in [2.45, 2.75) is 31.7 Å². The molecule has 5 nitrogen and oxygen atoms in total. The Balaban J connectivity index is 1.63. The summed E-state index contributed by atoms with van der Waals surface area (Å²) in [4.78, 5) is 13.9. The molecule has 116 valence electrons. The van der Waals surface area contributed by atoms with Gasteiger partial charge in [-0.2, -0.15) is 0 Å². The molecule has 2 rings (SSSR count). The van der Waals surface area contributed by atoms with Gasteiger partial charge in [0.15, 0.2) is 0 Å². The summed E-state index contributed by atoms with van der Waals surface area (Å²) < 4.78 is 10.7. The van der Waals surface area contributed by atoms with Crippen LogP contribution in [0, 0.1) is 0 Å². The zero-order valence-corrected chi connectivity index (χ0v) is 12.6. The van der Waals surface area contributed by atoms with Gasteiger partial charge in [-0.25, -0.2) is 0 Å². The minimum Gasteiger partial charge on any atom is -0.497 e. The number of nitrogens with two attached hydrogens (primary N) is 1. The predicted octanol–water partition coefficient (Wildman–Crippen LogP) is 1.80. The zero-order valence-electron chi connectivity index (χ0n) is 12.6. The third-order valence-corrected chi connectivity index (χ3v) is 3.76. The Bertz CT molecular complexity index is 439. The molecule has 0 unspecified atom stereocenters. The topological polar surface area (TPSA) is 64.8 Å². The average molecular weight is 292 g/mol. The van der Waals surface area contributed by atoms with Gasteiger partial charge in [0.05, 0.1) is 13.7 Å². The highest BCUT2D eigenvalue weighted by Gasteiger charge is 2.19. The van der Waals surface area contributed by atoms with Crippen LogP contribution in [0.25, 0.3) is 0 Å². The Hall–Kier alpha value is -1.75. The van der Waals surface area contributed by atoms with Crippen LogP contribution >= 0.6 is 0 Å². The largest absolute Gasteiger partial charge is 0.497 e. The number of ether oxygens (including phenoxy) is 2. The first kappa shape index (κ1) is 15.6. The van der Waals surface area contributed by atoms with Gasteiger partial charge in [0, 0.05) is 25.6 Å². The van der Waals surface area contributed by atoms with Gasteiger partial charge in [0.25, 0.3) is 0 Å². The maximum Gasteiger partial charge on any atom is 0.222 e. The van der Waals surface area contributed by atoms with Crippen LogP contribution in [0.15, 0.2) is 24.3 Å². The molecule has 2 N–H and O–H groups in total. The Morgan fingerprint density at radius 2 is 1.86 bits per heavy atom. The van der Waals surface area contributed by atoms with Gasteiger partial charge in [-0.3, -0.25) is 4.79 Å². The second-order valence-electron chi connectivity index (χ2n) is 5.35. The Kier molecular flexibility index (Phi) is 5.87. The Labute approximate surface area is 126 Å². The molecule has 1 saturated heterocycles. The van der Waals surface area contributed by atoms with Crippen molar-refractivity contribution < 1.29 is 14.3 Å².